The van der Waals surface area contributed by atoms with Gasteiger partial charge in [0.2, 0.25) is 0 Å². The third-order valence-corrected chi connectivity index (χ3v) is 2.06. The van der Waals surface area contributed by atoms with Crippen LogP contribution in [0.25, 0.3) is 0 Å². The summed E-state index contributed by atoms with van der Waals surface area (Å²) in [7, 11) is 0. The molecule has 0 spiro atoms. The Kier molecular flexibility index (Phi) is 0.914. The van der Waals surface area contributed by atoms with Crippen LogP contribution in [-0.2, 0) is 0 Å². The molecule has 0 saturated heterocycles. The Morgan fingerprint density at radius 1 is 1.42 bits per heavy atom. The van der Waals surface area contributed by atoms with E-state index in [9.17, 15) is 11.6 Å². The van der Waals surface area contributed by atoms with Gasteiger partial charge >= 0.3 is 0 Å². The molecule has 3 heteroatoms. The lowest BCUT2D eigenvalue weighted by atomic mass is 9.72. The van der Waals surface area contributed by atoms with Gasteiger partial charge in [-0.1, -0.05) is 31.2 Å². The molecule has 1 atom stereocenters. The number of aromatic hydroxyl groups is 1. The topological polar surface area (TPSA) is 43.7 Å². The fourth-order valence-electron chi connectivity index (χ4n) is 1.29. The number of rotatable bonds is 4. The largest absolute Gasteiger partial charge is 0.508 e. The highest BCUT2D eigenvalue weighted by molar-refractivity contribution is 5.30. The second-order valence-corrected chi connectivity index (χ2v) is 3.38. The summed E-state index contributed by atoms with van der Waals surface area (Å²) in [4.78, 5) is -1.16. The number of phenols is 1. The zero-order valence-electron chi connectivity index (χ0n) is 32.3. The number of hydrogen-bond donors (Lipinski definition) is 2. The van der Waals surface area contributed by atoms with Crippen LogP contribution in [0.4, 0.5) is 0 Å². The Hall–Kier alpha value is -1.06. The summed E-state index contributed by atoms with van der Waals surface area (Å²) in [5.74, 6) is -6.44. The van der Waals surface area contributed by atoms with Crippen LogP contribution in [0.15, 0.2) is 24.2 Å². The van der Waals surface area contributed by atoms with Crippen molar-refractivity contribution in [1.29, 1.82) is 0 Å². The van der Waals surface area contributed by atoms with Gasteiger partial charge in [-0.2, -0.15) is 0 Å². The lowest BCUT2D eigenvalue weighted by Crippen LogP contribution is -2.42. The number of likely N-dealkylation sites (N-methyl/N-ethyl adjacent to an activating group) is 1. The number of aliphatic hydroxyl groups is 1. The van der Waals surface area contributed by atoms with Gasteiger partial charge in [-0.3, -0.25) is 0 Å². The van der Waals surface area contributed by atoms with Crippen LogP contribution in [0.1, 0.15) is 74.8 Å². The summed E-state index contributed by atoms with van der Waals surface area (Å²) >= 11 is 0. The fourth-order valence-corrected chi connectivity index (χ4v) is 1.29. The van der Waals surface area contributed by atoms with Crippen LogP contribution in [-0.4, -0.2) is 41.2 Å². The van der Waals surface area contributed by atoms with Crippen molar-refractivity contribution in [2.24, 2.45) is 0 Å². The van der Waals surface area contributed by atoms with E-state index in [1.54, 1.807) is 0 Å². The molecule has 0 amide bonds. The number of phenolic OH excluding ortho intramolecular Hbond substituents is 1. The average Bonchev–Trinajstić information content (AvgIpc) is 2.76. The average molecular weight is 287 g/mol. The summed E-state index contributed by atoms with van der Waals surface area (Å²) in [5.41, 5.74) is -7.16. The molecule has 1 saturated carbocycles. The van der Waals surface area contributed by atoms with Crippen molar-refractivity contribution >= 4 is 0 Å². The molecule has 1 aromatic rings. The first-order valence-corrected chi connectivity index (χ1v) is 4.87. The van der Waals surface area contributed by atoms with E-state index >= 15 is 0 Å². The number of hydrogen-bond acceptors (Lipinski definition) is 3. The van der Waals surface area contributed by atoms with Crippen LogP contribution >= 0.6 is 0 Å². The summed E-state index contributed by atoms with van der Waals surface area (Å²) < 4.78 is 187. The van der Waals surface area contributed by atoms with Crippen LogP contribution in [0.3, 0.4) is 0 Å². The molecule has 0 aromatic heterocycles. The summed E-state index contributed by atoms with van der Waals surface area (Å²) in [5, 5.41) is 22.1. The molecule has 1 unspecified atom stereocenters. The predicted molar refractivity (Wildman–Crippen MR) is 77.4 cm³/mol. The minimum absolute atomic E-state index is 1.16. The van der Waals surface area contributed by atoms with E-state index in [0.717, 1.165) is 0 Å². The predicted octanol–water partition coefficient (Wildman–Crippen LogP) is 2.73. The van der Waals surface area contributed by atoms with Crippen molar-refractivity contribution in [1.82, 2.24) is 4.90 Å². The normalized spacial score (nSPS) is 55.2. The SMILES string of the molecule is [2H]c1c([2H])c(C([2H])(C([2H])([2H])N(C([2H])([2H])[2H])C([2H])([2H])[2H])C2(O)C([2H])([2H])C([2H])([2H])C([2H])([2H])C([2H])([2H])C2([2H])[2H])c([2H])c([2H])c1O. The minimum atomic E-state index is -5.15. The maximum absolute atomic E-state index is 12.0. The van der Waals surface area contributed by atoms with E-state index in [4.69, 9.17) is 30.2 Å². The van der Waals surface area contributed by atoms with Gasteiger partial charge in [-0.15, -0.1) is 0 Å². The second-order valence-electron chi connectivity index (χ2n) is 3.38. The van der Waals surface area contributed by atoms with E-state index < -0.39 is 104 Å². The van der Waals surface area contributed by atoms with Crippen LogP contribution < -0.4 is 0 Å². The highest BCUT2D eigenvalue weighted by atomic mass is 16.3. The molecule has 19 heavy (non-hydrogen) atoms. The minimum Gasteiger partial charge on any atom is -0.508 e. The zero-order chi connectivity index (χ0) is 34.0. The van der Waals surface area contributed by atoms with E-state index in [0.29, 0.717) is 0 Å². The van der Waals surface area contributed by atoms with Crippen LogP contribution in [0.5, 0.6) is 5.75 Å². The standard InChI is InChI=1S/C16H25NO2/c1-17(2)12-15(13-6-8-14(18)9-7-13)16(19)10-4-3-5-11-16/h6-9,15,18-19H,3-5,10-12H2,1-2H3/i1D3,2D3,3D2,4D2,5D2,6D,7D,8D,9D,10D2,11D2,12D2,15D. The van der Waals surface area contributed by atoms with Gasteiger partial charge in [0.1, 0.15) is 5.75 Å². The van der Waals surface area contributed by atoms with Crippen molar-refractivity contribution < 1.29 is 41.7 Å². The molecule has 1 aliphatic rings. The maximum atomic E-state index is 12.0. The van der Waals surface area contributed by atoms with Gasteiger partial charge in [0.25, 0.3) is 0 Å². The van der Waals surface area contributed by atoms with E-state index in [-0.39, 0.29) is 0 Å². The Bertz CT molecular complexity index is 1190. The van der Waals surface area contributed by atoms with Gasteiger partial charge < -0.3 is 15.1 Å². The maximum Gasteiger partial charge on any atom is 0.115 e. The monoisotopic (exact) mass is 286 g/mol. The van der Waals surface area contributed by atoms with Gasteiger partial charge in [-0.05, 0) is 44.3 Å². The van der Waals surface area contributed by atoms with E-state index in [1.165, 1.54) is 0 Å². The molecule has 0 aliphatic heterocycles. The molecule has 3 nitrogen and oxygen atoms in total. The van der Waals surface area contributed by atoms with Crippen LogP contribution in [0, 0.1) is 0 Å². The highest BCUT2D eigenvalue weighted by Gasteiger charge is 2.38. The molecule has 1 aromatic carbocycles. The van der Waals surface area contributed by atoms with Gasteiger partial charge in [0.05, 0.1) is 11.1 Å². The van der Waals surface area contributed by atoms with Crippen molar-refractivity contribution in [3.8, 4) is 5.75 Å². The lowest BCUT2D eigenvalue weighted by Gasteiger charge is -2.40. The summed E-state index contributed by atoms with van der Waals surface area (Å²) in [6.45, 7) is -13.3. The Labute approximate surface area is 148 Å². The molecule has 0 heterocycles. The molecule has 2 N–H and O–H groups in total. The van der Waals surface area contributed by atoms with E-state index in [1.807, 2.05) is 0 Å². The van der Waals surface area contributed by atoms with Gasteiger partial charge in [-0.25, -0.2) is 0 Å². The molecule has 106 valence electrons. The number of nitrogens with zero attached hydrogens (tertiary/aromatic N) is 1. The molecular weight excluding hydrogens is 238 g/mol. The first kappa shape index (κ1) is 2.93. The molecule has 0 bridgehead atoms. The Morgan fingerprint density at radius 3 is 2.63 bits per heavy atom. The second kappa shape index (κ2) is 5.93. The lowest BCUT2D eigenvalue weighted by molar-refractivity contribution is -0.0277. The van der Waals surface area contributed by atoms with Crippen molar-refractivity contribution in [3.05, 3.63) is 29.7 Å². The summed E-state index contributed by atoms with van der Waals surface area (Å²) in [6.07, 6.45) is -22.8. The summed E-state index contributed by atoms with van der Waals surface area (Å²) in [6, 6.07) is -6.68. The van der Waals surface area contributed by atoms with Gasteiger partial charge in [0.15, 0.2) is 0 Å². The third kappa shape index (κ3) is 3.48. The van der Waals surface area contributed by atoms with Gasteiger partial charge in [0, 0.05) is 38.4 Å². The third-order valence-electron chi connectivity index (χ3n) is 2.06. The molecular formula is C16H25NO2. The highest BCUT2D eigenvalue weighted by Crippen LogP contribution is 2.40. The Balaban J connectivity index is 3.53. The zero-order valence-corrected chi connectivity index (χ0v) is 9.34. The smallest absolute Gasteiger partial charge is 0.115 e. The van der Waals surface area contributed by atoms with E-state index in [2.05, 4.69) is 0 Å². The quantitative estimate of drug-likeness (QED) is 0.894. The first-order valence-electron chi connectivity index (χ1n) is 16.4. The van der Waals surface area contributed by atoms with Crippen molar-refractivity contribution in [2.75, 3.05) is 20.4 Å². The van der Waals surface area contributed by atoms with Crippen molar-refractivity contribution in [2.45, 2.75) is 43.4 Å². The molecule has 1 aliphatic carbocycles. The molecule has 2 rings (SSSR count). The fraction of sp³-hybridized carbons (Fsp3) is 0.625. The van der Waals surface area contributed by atoms with Crippen molar-refractivity contribution in [3.63, 3.8) is 0 Å². The number of benzene rings is 1. The molecule has 0 radical (unpaired) electrons. The van der Waals surface area contributed by atoms with Crippen LogP contribution in [0.2, 0.25) is 0 Å². The Morgan fingerprint density at radius 2 is 2.05 bits per heavy atom. The first-order chi connectivity index (χ1) is 18.0. The molecule has 1 fully saturated rings.